The lowest BCUT2D eigenvalue weighted by Crippen LogP contribution is -2.39. The van der Waals surface area contributed by atoms with Gasteiger partial charge in [0.1, 0.15) is 11.6 Å². The van der Waals surface area contributed by atoms with Crippen molar-refractivity contribution >= 4 is 44.3 Å². The highest BCUT2D eigenvalue weighted by molar-refractivity contribution is 7.88. The normalized spacial score (nSPS) is 20.4. The zero-order chi connectivity index (χ0) is 23.8. The van der Waals surface area contributed by atoms with E-state index in [4.69, 9.17) is 16.6 Å². The highest BCUT2D eigenvalue weighted by atomic mass is 35.5. The monoisotopic (exact) mass is 502 g/mol. The molecular formula is C24H24ClFN4O3S. The van der Waals surface area contributed by atoms with Gasteiger partial charge in [-0.15, -0.1) is 0 Å². The second-order valence-electron chi connectivity index (χ2n) is 9.56. The van der Waals surface area contributed by atoms with E-state index in [1.807, 2.05) is 12.1 Å². The molecule has 0 unspecified atom stereocenters. The predicted octanol–water partition coefficient (Wildman–Crippen LogP) is 4.00. The number of halogens is 2. The van der Waals surface area contributed by atoms with E-state index in [2.05, 4.69) is 4.57 Å². The SMILES string of the molecule is CS(=O)(=O)N1CCC(n2c(CN3C(=O)C4(CC4)c4ccc(F)cc43)nc3cc(Cl)ccc32)CC1. The summed E-state index contributed by atoms with van der Waals surface area (Å²) < 4.78 is 41.8. The molecule has 1 amide bonds. The van der Waals surface area contributed by atoms with Crippen LogP contribution in [0, 0.1) is 5.82 Å². The first-order valence-electron chi connectivity index (χ1n) is 11.4. The van der Waals surface area contributed by atoms with Crippen LogP contribution in [-0.4, -0.2) is 47.5 Å². The molecule has 2 fully saturated rings. The van der Waals surface area contributed by atoms with Gasteiger partial charge in [0.15, 0.2) is 0 Å². The minimum atomic E-state index is -3.24. The van der Waals surface area contributed by atoms with Crippen molar-refractivity contribution in [2.75, 3.05) is 24.2 Å². The van der Waals surface area contributed by atoms with Gasteiger partial charge in [-0.05, 0) is 61.6 Å². The van der Waals surface area contributed by atoms with Crippen molar-refractivity contribution in [3.05, 3.63) is 58.6 Å². The Morgan fingerprint density at radius 2 is 1.88 bits per heavy atom. The van der Waals surface area contributed by atoms with Gasteiger partial charge >= 0.3 is 0 Å². The molecule has 10 heteroatoms. The second-order valence-corrected chi connectivity index (χ2v) is 12.0. The van der Waals surface area contributed by atoms with Crippen LogP contribution in [0.25, 0.3) is 11.0 Å². The quantitative estimate of drug-likeness (QED) is 0.540. The minimum Gasteiger partial charge on any atom is -0.323 e. The van der Waals surface area contributed by atoms with Crippen LogP contribution in [0.2, 0.25) is 5.02 Å². The molecule has 2 aromatic carbocycles. The molecule has 0 atom stereocenters. The summed E-state index contributed by atoms with van der Waals surface area (Å²) in [6.45, 7) is 1.07. The Labute approximate surface area is 202 Å². The number of imidazole rings is 1. The number of benzene rings is 2. The fourth-order valence-electron chi connectivity index (χ4n) is 5.60. The van der Waals surface area contributed by atoms with Gasteiger partial charge in [-0.1, -0.05) is 17.7 Å². The number of aromatic nitrogens is 2. The van der Waals surface area contributed by atoms with Crippen molar-refractivity contribution in [1.82, 2.24) is 13.9 Å². The maximum Gasteiger partial charge on any atom is 0.238 e. The van der Waals surface area contributed by atoms with Crippen molar-refractivity contribution in [3.63, 3.8) is 0 Å². The zero-order valence-corrected chi connectivity index (χ0v) is 20.2. The van der Waals surface area contributed by atoms with Crippen molar-refractivity contribution in [2.24, 2.45) is 0 Å². The molecule has 178 valence electrons. The molecule has 1 aromatic heterocycles. The molecular weight excluding hydrogens is 479 g/mol. The largest absolute Gasteiger partial charge is 0.323 e. The minimum absolute atomic E-state index is 0.00312. The van der Waals surface area contributed by atoms with Gasteiger partial charge in [0, 0.05) is 24.2 Å². The molecule has 2 aliphatic heterocycles. The summed E-state index contributed by atoms with van der Waals surface area (Å²) in [6.07, 6.45) is 4.05. The summed E-state index contributed by atoms with van der Waals surface area (Å²) in [5, 5.41) is 0.567. The Morgan fingerprint density at radius 3 is 2.56 bits per heavy atom. The van der Waals surface area contributed by atoms with E-state index in [1.54, 1.807) is 17.0 Å². The van der Waals surface area contributed by atoms with Crippen LogP contribution in [0.15, 0.2) is 36.4 Å². The van der Waals surface area contributed by atoms with E-state index in [9.17, 15) is 17.6 Å². The third-order valence-electron chi connectivity index (χ3n) is 7.45. The first kappa shape index (κ1) is 22.0. The maximum absolute atomic E-state index is 14.2. The summed E-state index contributed by atoms with van der Waals surface area (Å²) >= 11 is 6.23. The van der Waals surface area contributed by atoms with E-state index in [1.165, 1.54) is 22.7 Å². The first-order valence-corrected chi connectivity index (χ1v) is 13.6. The molecule has 6 rings (SSSR count). The van der Waals surface area contributed by atoms with Gasteiger partial charge < -0.3 is 9.47 Å². The van der Waals surface area contributed by atoms with E-state index >= 15 is 0 Å². The third kappa shape index (κ3) is 3.36. The van der Waals surface area contributed by atoms with Crippen molar-refractivity contribution in [2.45, 2.75) is 43.7 Å². The molecule has 3 heterocycles. The van der Waals surface area contributed by atoms with Gasteiger partial charge in [0.05, 0.1) is 34.9 Å². The molecule has 3 aliphatic rings. The van der Waals surface area contributed by atoms with Crippen LogP contribution in [-0.2, 0) is 26.8 Å². The summed E-state index contributed by atoms with van der Waals surface area (Å²) in [5.74, 6) is 0.315. The number of rotatable bonds is 4. The molecule has 0 radical (unpaired) electrons. The Balaban J connectivity index is 1.40. The van der Waals surface area contributed by atoms with E-state index in [0.717, 1.165) is 29.4 Å². The smallest absolute Gasteiger partial charge is 0.238 e. The first-order chi connectivity index (χ1) is 16.2. The number of sulfonamides is 1. The van der Waals surface area contributed by atoms with Crippen molar-refractivity contribution < 1.29 is 17.6 Å². The van der Waals surface area contributed by atoms with Crippen LogP contribution in [0.5, 0.6) is 0 Å². The fourth-order valence-corrected chi connectivity index (χ4v) is 6.64. The number of anilines is 1. The molecule has 1 aliphatic carbocycles. The lowest BCUT2D eigenvalue weighted by molar-refractivity contribution is -0.120. The molecule has 1 saturated carbocycles. The molecule has 7 nitrogen and oxygen atoms in total. The van der Waals surface area contributed by atoms with Crippen LogP contribution >= 0.6 is 11.6 Å². The van der Waals surface area contributed by atoms with Gasteiger partial charge in [0.25, 0.3) is 0 Å². The Hall–Kier alpha value is -2.49. The lowest BCUT2D eigenvalue weighted by Gasteiger charge is -2.32. The predicted molar refractivity (Wildman–Crippen MR) is 128 cm³/mol. The van der Waals surface area contributed by atoms with E-state index in [0.29, 0.717) is 42.5 Å². The number of nitrogens with zero attached hydrogens (tertiary/aromatic N) is 4. The molecule has 1 saturated heterocycles. The van der Waals surface area contributed by atoms with E-state index in [-0.39, 0.29) is 24.3 Å². The van der Waals surface area contributed by atoms with Crippen LogP contribution in [0.3, 0.4) is 0 Å². The second kappa shape index (κ2) is 7.50. The topological polar surface area (TPSA) is 75.5 Å². The van der Waals surface area contributed by atoms with Crippen LogP contribution < -0.4 is 4.90 Å². The fraction of sp³-hybridized carbons (Fsp3) is 0.417. The number of fused-ring (bicyclic) bond motifs is 3. The van der Waals surface area contributed by atoms with Gasteiger partial charge in [-0.25, -0.2) is 22.1 Å². The number of hydrogen-bond acceptors (Lipinski definition) is 4. The summed E-state index contributed by atoms with van der Waals surface area (Å²) in [6, 6.07) is 10.1. The Morgan fingerprint density at radius 1 is 1.15 bits per heavy atom. The molecule has 0 bridgehead atoms. The maximum atomic E-state index is 14.2. The highest BCUT2D eigenvalue weighted by Gasteiger charge is 2.59. The number of hydrogen-bond donors (Lipinski definition) is 0. The molecule has 1 spiro atoms. The highest BCUT2D eigenvalue weighted by Crippen LogP contribution is 2.57. The number of piperidine rings is 1. The molecule has 3 aromatic rings. The molecule has 34 heavy (non-hydrogen) atoms. The number of carbonyl (C=O) groups excluding carboxylic acids is 1. The van der Waals surface area contributed by atoms with E-state index < -0.39 is 15.4 Å². The lowest BCUT2D eigenvalue weighted by atomic mass is 9.98. The summed E-state index contributed by atoms with van der Waals surface area (Å²) in [4.78, 5) is 19.9. The number of carbonyl (C=O) groups is 1. The Kier molecular flexibility index (Phi) is 4.86. The zero-order valence-electron chi connectivity index (χ0n) is 18.7. The van der Waals surface area contributed by atoms with Crippen LogP contribution in [0.1, 0.15) is 43.1 Å². The van der Waals surface area contributed by atoms with Crippen molar-refractivity contribution in [1.29, 1.82) is 0 Å². The number of amides is 1. The third-order valence-corrected chi connectivity index (χ3v) is 8.99. The van der Waals surface area contributed by atoms with Gasteiger partial charge in [-0.3, -0.25) is 4.79 Å². The van der Waals surface area contributed by atoms with Gasteiger partial charge in [-0.2, -0.15) is 0 Å². The Bertz CT molecular complexity index is 1440. The van der Waals surface area contributed by atoms with Gasteiger partial charge in [0.2, 0.25) is 15.9 Å². The van der Waals surface area contributed by atoms with Crippen molar-refractivity contribution in [3.8, 4) is 0 Å². The summed E-state index contributed by atoms with van der Waals surface area (Å²) in [7, 11) is -3.24. The average Bonchev–Trinajstić information content (AvgIpc) is 3.47. The summed E-state index contributed by atoms with van der Waals surface area (Å²) in [5.41, 5.74) is 2.60. The molecule has 0 N–H and O–H groups in total. The average molecular weight is 503 g/mol. The van der Waals surface area contributed by atoms with Crippen LogP contribution in [0.4, 0.5) is 10.1 Å². The standard InChI is InChI=1S/C24H24ClFN4O3S/c1-34(32,33)28-10-6-17(7-11-28)30-20-5-2-15(25)12-19(20)27-22(30)14-29-21-13-16(26)3-4-18(21)24(8-9-24)23(29)31/h2-5,12-13,17H,6-11,14H2,1H3.